The number of rotatable bonds is 5. The van der Waals surface area contributed by atoms with Gasteiger partial charge in [0.2, 0.25) is 0 Å². The highest BCUT2D eigenvalue weighted by Gasteiger charge is 2.13. The Morgan fingerprint density at radius 2 is 1.76 bits per heavy atom. The number of aliphatic hydroxyl groups is 1. The molecule has 2 rings (SSSR count). The van der Waals surface area contributed by atoms with Crippen LogP contribution in [0.25, 0.3) is 0 Å². The Morgan fingerprint density at radius 3 is 2.43 bits per heavy atom. The van der Waals surface area contributed by atoms with Crippen molar-refractivity contribution >= 4 is 22.0 Å². The monoisotopic (exact) mass is 348 g/mol. The van der Waals surface area contributed by atoms with Crippen LogP contribution in [-0.4, -0.2) is 17.7 Å². The van der Waals surface area contributed by atoms with Crippen LogP contribution < -0.4 is 10.6 Å². The van der Waals surface area contributed by atoms with Gasteiger partial charge in [0.15, 0.2) is 0 Å². The van der Waals surface area contributed by atoms with E-state index in [2.05, 4.69) is 26.6 Å². The number of carbonyl (C=O) groups excluding carboxylic acids is 1. The minimum absolute atomic E-state index is 0.146. The number of hydrogen-bond acceptors (Lipinski definition) is 2. The standard InChI is InChI=1S/C16H17BrN2O2/c17-14-9-5-4-8-13(14)10-18-16(21)19-15(11-20)12-6-2-1-3-7-12/h1-9,15,20H,10-11H2,(H2,18,19,21). The number of hydrogen-bond donors (Lipinski definition) is 3. The molecule has 4 nitrogen and oxygen atoms in total. The smallest absolute Gasteiger partial charge is 0.315 e. The number of halogens is 1. The highest BCUT2D eigenvalue weighted by molar-refractivity contribution is 9.10. The summed E-state index contributed by atoms with van der Waals surface area (Å²) in [6.45, 7) is 0.270. The van der Waals surface area contributed by atoms with Crippen molar-refractivity contribution < 1.29 is 9.90 Å². The summed E-state index contributed by atoms with van der Waals surface area (Å²) in [6, 6.07) is 16.4. The lowest BCUT2D eigenvalue weighted by Crippen LogP contribution is -2.38. The SMILES string of the molecule is O=C(NCc1ccccc1Br)NC(CO)c1ccccc1. The second-order valence-electron chi connectivity index (χ2n) is 4.56. The maximum absolute atomic E-state index is 11.9. The predicted molar refractivity (Wildman–Crippen MR) is 85.8 cm³/mol. The summed E-state index contributed by atoms with van der Waals surface area (Å²) in [5.74, 6) is 0. The molecule has 2 aromatic rings. The molecule has 0 aliphatic carbocycles. The van der Waals surface area contributed by atoms with Gasteiger partial charge in [-0.15, -0.1) is 0 Å². The van der Waals surface area contributed by atoms with E-state index in [9.17, 15) is 9.90 Å². The Balaban J connectivity index is 1.90. The normalized spacial score (nSPS) is 11.7. The van der Waals surface area contributed by atoms with E-state index in [1.807, 2.05) is 54.6 Å². The van der Waals surface area contributed by atoms with Crippen LogP contribution in [0.2, 0.25) is 0 Å². The molecule has 0 saturated carbocycles. The maximum Gasteiger partial charge on any atom is 0.315 e. The van der Waals surface area contributed by atoms with Crippen LogP contribution in [0.3, 0.4) is 0 Å². The van der Waals surface area contributed by atoms with Crippen LogP contribution in [0.1, 0.15) is 17.2 Å². The summed E-state index contributed by atoms with van der Waals surface area (Å²) < 4.78 is 0.951. The third-order valence-electron chi connectivity index (χ3n) is 3.09. The van der Waals surface area contributed by atoms with Gasteiger partial charge in [0.25, 0.3) is 0 Å². The summed E-state index contributed by atoms with van der Waals surface area (Å²) in [6.07, 6.45) is 0. The Morgan fingerprint density at radius 1 is 1.10 bits per heavy atom. The zero-order valence-electron chi connectivity index (χ0n) is 11.4. The van der Waals surface area contributed by atoms with E-state index < -0.39 is 6.04 Å². The average Bonchev–Trinajstić information content (AvgIpc) is 2.52. The second kappa shape index (κ2) is 7.81. The van der Waals surface area contributed by atoms with Crippen LogP contribution in [0.15, 0.2) is 59.1 Å². The molecule has 0 aromatic heterocycles. The summed E-state index contributed by atoms with van der Waals surface area (Å²) in [5, 5.41) is 14.9. The zero-order valence-corrected chi connectivity index (χ0v) is 13.0. The molecule has 3 N–H and O–H groups in total. The van der Waals surface area contributed by atoms with Crippen molar-refractivity contribution in [2.75, 3.05) is 6.61 Å². The Labute approximate surface area is 132 Å². The van der Waals surface area contributed by atoms with Crippen LogP contribution >= 0.6 is 15.9 Å². The highest BCUT2D eigenvalue weighted by Crippen LogP contribution is 2.15. The quantitative estimate of drug-likeness (QED) is 0.777. The fourth-order valence-corrected chi connectivity index (χ4v) is 2.37. The fourth-order valence-electron chi connectivity index (χ4n) is 1.95. The van der Waals surface area contributed by atoms with Gasteiger partial charge >= 0.3 is 6.03 Å². The van der Waals surface area contributed by atoms with Gasteiger partial charge in [0, 0.05) is 11.0 Å². The van der Waals surface area contributed by atoms with E-state index >= 15 is 0 Å². The second-order valence-corrected chi connectivity index (χ2v) is 5.42. The van der Waals surface area contributed by atoms with Gasteiger partial charge in [-0.3, -0.25) is 0 Å². The van der Waals surface area contributed by atoms with Crippen LogP contribution in [0.5, 0.6) is 0 Å². The third-order valence-corrected chi connectivity index (χ3v) is 3.86. The summed E-state index contributed by atoms with van der Waals surface area (Å²) >= 11 is 3.44. The van der Waals surface area contributed by atoms with E-state index in [1.54, 1.807) is 0 Å². The number of nitrogens with one attached hydrogen (secondary N) is 2. The lowest BCUT2D eigenvalue weighted by atomic mass is 10.1. The van der Waals surface area contributed by atoms with E-state index in [0.29, 0.717) is 6.54 Å². The number of amides is 2. The van der Waals surface area contributed by atoms with Crippen LogP contribution in [0, 0.1) is 0 Å². The van der Waals surface area contributed by atoms with Crippen molar-refractivity contribution in [3.8, 4) is 0 Å². The third kappa shape index (κ3) is 4.58. The van der Waals surface area contributed by atoms with Crippen LogP contribution in [0.4, 0.5) is 4.79 Å². The number of benzene rings is 2. The Bertz CT molecular complexity index is 590. The molecule has 0 aliphatic rings. The molecule has 1 atom stereocenters. The van der Waals surface area contributed by atoms with Crippen molar-refractivity contribution in [2.45, 2.75) is 12.6 Å². The van der Waals surface area contributed by atoms with E-state index in [-0.39, 0.29) is 12.6 Å². The zero-order chi connectivity index (χ0) is 15.1. The molecule has 0 aliphatic heterocycles. The van der Waals surface area contributed by atoms with E-state index in [1.165, 1.54) is 0 Å². The molecule has 0 heterocycles. The largest absolute Gasteiger partial charge is 0.394 e. The molecule has 2 aromatic carbocycles. The van der Waals surface area contributed by atoms with Crippen molar-refractivity contribution in [1.82, 2.24) is 10.6 Å². The molecule has 1 unspecified atom stereocenters. The summed E-state index contributed by atoms with van der Waals surface area (Å²) in [7, 11) is 0. The van der Waals surface area contributed by atoms with Crippen molar-refractivity contribution in [3.05, 3.63) is 70.2 Å². The molecule has 0 fully saturated rings. The van der Waals surface area contributed by atoms with Gasteiger partial charge in [-0.1, -0.05) is 64.5 Å². The van der Waals surface area contributed by atoms with Gasteiger partial charge < -0.3 is 15.7 Å². The molecule has 0 bridgehead atoms. The number of carbonyl (C=O) groups is 1. The topological polar surface area (TPSA) is 61.4 Å². The van der Waals surface area contributed by atoms with Gasteiger partial charge in [-0.2, -0.15) is 0 Å². The van der Waals surface area contributed by atoms with E-state index in [4.69, 9.17) is 0 Å². The molecule has 2 amide bonds. The first-order valence-corrected chi connectivity index (χ1v) is 7.43. The van der Waals surface area contributed by atoms with Crippen molar-refractivity contribution in [2.24, 2.45) is 0 Å². The van der Waals surface area contributed by atoms with E-state index in [0.717, 1.165) is 15.6 Å². The first kappa shape index (κ1) is 15.5. The maximum atomic E-state index is 11.9. The van der Waals surface area contributed by atoms with Crippen molar-refractivity contribution in [1.29, 1.82) is 0 Å². The molecule has 5 heteroatoms. The molecule has 21 heavy (non-hydrogen) atoms. The van der Waals surface area contributed by atoms with Gasteiger partial charge in [-0.05, 0) is 17.2 Å². The average molecular weight is 349 g/mol. The number of urea groups is 1. The Kier molecular flexibility index (Phi) is 5.78. The van der Waals surface area contributed by atoms with Crippen LogP contribution in [-0.2, 0) is 6.54 Å². The molecule has 110 valence electrons. The predicted octanol–water partition coefficient (Wildman–Crippen LogP) is 2.98. The first-order chi connectivity index (χ1) is 10.2. The summed E-state index contributed by atoms with van der Waals surface area (Å²) in [4.78, 5) is 11.9. The molecule has 0 radical (unpaired) electrons. The van der Waals surface area contributed by atoms with Gasteiger partial charge in [-0.25, -0.2) is 4.79 Å². The minimum Gasteiger partial charge on any atom is -0.394 e. The first-order valence-electron chi connectivity index (χ1n) is 6.64. The number of aliphatic hydroxyl groups excluding tert-OH is 1. The lowest BCUT2D eigenvalue weighted by Gasteiger charge is -2.17. The molecule has 0 saturated heterocycles. The van der Waals surface area contributed by atoms with Gasteiger partial charge in [0.05, 0.1) is 12.6 Å². The Hall–Kier alpha value is -1.85. The van der Waals surface area contributed by atoms with Gasteiger partial charge in [0.1, 0.15) is 0 Å². The molecular weight excluding hydrogens is 332 g/mol. The highest BCUT2D eigenvalue weighted by atomic mass is 79.9. The minimum atomic E-state index is -0.412. The fraction of sp³-hybridized carbons (Fsp3) is 0.188. The molecule has 0 spiro atoms. The molecular formula is C16H17BrN2O2. The van der Waals surface area contributed by atoms with Crippen molar-refractivity contribution in [3.63, 3.8) is 0 Å². The summed E-state index contributed by atoms with van der Waals surface area (Å²) in [5.41, 5.74) is 1.86. The lowest BCUT2D eigenvalue weighted by molar-refractivity contribution is 0.216.